The van der Waals surface area contributed by atoms with Crippen molar-refractivity contribution in [3.05, 3.63) is 0 Å². The molecule has 1 radical (unpaired) electrons. The van der Waals surface area contributed by atoms with Gasteiger partial charge in [-0.25, -0.2) is 0 Å². The van der Waals surface area contributed by atoms with Gasteiger partial charge in [-0.3, -0.25) is 0 Å². The van der Waals surface area contributed by atoms with Crippen molar-refractivity contribution in [2.75, 3.05) is 0 Å². The molecule has 0 fully saturated rings. The Morgan fingerprint density at radius 1 is 1.71 bits per heavy atom. The predicted octanol–water partition coefficient (Wildman–Crippen LogP) is -0.975. The summed E-state index contributed by atoms with van der Waals surface area (Å²) in [5, 5.41) is 9.26. The predicted molar refractivity (Wildman–Crippen MR) is 16.0 cm³/mol. The summed E-state index contributed by atoms with van der Waals surface area (Å²) in [6.07, 6.45) is 0.111. The first-order chi connectivity index (χ1) is 2.27. The summed E-state index contributed by atoms with van der Waals surface area (Å²) in [7, 11) is 0. The zero-order chi connectivity index (χ0) is 4.28. The normalized spacial score (nSPS) is 5.29. The molecule has 0 aliphatic heterocycles. The average molecular weight is 180 g/mol. The van der Waals surface area contributed by atoms with Gasteiger partial charge in [0.2, 0.25) is 0 Å². The van der Waals surface area contributed by atoms with Gasteiger partial charge in [-0.05, 0) is 6.42 Å². The van der Waals surface area contributed by atoms with E-state index in [4.69, 9.17) is 0 Å². The number of carboxylic acids is 1. The average Bonchev–Trinajstić information content (AvgIpc) is 1.38. The number of aliphatic carboxylic acids is 1. The molecule has 0 rings (SSSR count). The van der Waals surface area contributed by atoms with E-state index in [-0.39, 0.29) is 38.1 Å². The molecule has 0 saturated heterocycles. The van der Waals surface area contributed by atoms with Crippen LogP contribution in [0.2, 0.25) is 0 Å². The van der Waals surface area contributed by atoms with Crippen LogP contribution in [0.5, 0.6) is 0 Å². The summed E-state index contributed by atoms with van der Waals surface area (Å²) in [4.78, 5) is 9.26. The molecule has 7 heavy (non-hydrogen) atoms. The summed E-state index contributed by atoms with van der Waals surface area (Å²) in [5.74, 6) is -0.995. The molecular formula is C3H5O3Zr. The molecular weight excluding hydrogens is 175 g/mol. The van der Waals surface area contributed by atoms with Crippen LogP contribution in [0.4, 0.5) is 0 Å². The number of carbonyl (C=O) groups is 1. The number of hydrogen-bond acceptors (Lipinski definition) is 2. The van der Waals surface area contributed by atoms with Crippen LogP contribution in [0.15, 0.2) is 0 Å². The molecule has 3 nitrogen and oxygen atoms in total. The van der Waals surface area contributed by atoms with Gasteiger partial charge < -0.3 is 15.4 Å². The molecule has 0 aliphatic carbocycles. The Labute approximate surface area is 61.2 Å². The summed E-state index contributed by atoms with van der Waals surface area (Å²) in [6, 6.07) is 0. The number of carbonyl (C=O) groups excluding carboxylic acids is 1. The van der Waals surface area contributed by atoms with E-state index in [1.165, 1.54) is 6.92 Å². The van der Waals surface area contributed by atoms with E-state index in [9.17, 15) is 9.90 Å². The minimum Gasteiger partial charge on any atom is -2.00 e. The summed E-state index contributed by atoms with van der Waals surface area (Å²) >= 11 is 0. The van der Waals surface area contributed by atoms with Crippen molar-refractivity contribution in [3.63, 3.8) is 0 Å². The van der Waals surface area contributed by atoms with Crippen LogP contribution >= 0.6 is 0 Å². The Hall–Kier alpha value is 0.313. The smallest absolute Gasteiger partial charge is 2.00 e. The van der Waals surface area contributed by atoms with E-state index in [0.717, 1.165) is 0 Å². The SMILES string of the molecule is CCC(=O)[O-].[O-2].[Zr+3]. The second-order valence-electron chi connectivity index (χ2n) is 0.726. The second kappa shape index (κ2) is 9.58. The Morgan fingerprint density at radius 3 is 1.86 bits per heavy atom. The summed E-state index contributed by atoms with van der Waals surface area (Å²) < 4.78 is 0. The second-order valence-corrected chi connectivity index (χ2v) is 0.726. The van der Waals surface area contributed by atoms with E-state index < -0.39 is 5.97 Å². The van der Waals surface area contributed by atoms with Crippen LogP contribution in [0.25, 0.3) is 0 Å². The third-order valence-corrected chi connectivity index (χ3v) is 0.289. The monoisotopic (exact) mass is 179 g/mol. The van der Waals surface area contributed by atoms with Gasteiger partial charge in [0.15, 0.2) is 0 Å². The topological polar surface area (TPSA) is 68.6 Å². The van der Waals surface area contributed by atoms with Crippen LogP contribution in [0.1, 0.15) is 13.3 Å². The van der Waals surface area contributed by atoms with Crippen molar-refractivity contribution in [1.82, 2.24) is 0 Å². The van der Waals surface area contributed by atoms with Crippen molar-refractivity contribution in [3.8, 4) is 0 Å². The van der Waals surface area contributed by atoms with Gasteiger partial charge >= 0.3 is 26.2 Å². The van der Waals surface area contributed by atoms with E-state index in [1.54, 1.807) is 0 Å². The Kier molecular flexibility index (Phi) is 21.4. The molecule has 0 atom stereocenters. The van der Waals surface area contributed by atoms with Crippen molar-refractivity contribution in [2.24, 2.45) is 0 Å². The molecule has 39 valence electrons. The van der Waals surface area contributed by atoms with E-state index in [0.29, 0.717) is 0 Å². The fourth-order valence-electron chi connectivity index (χ4n) is 0. The van der Waals surface area contributed by atoms with Crippen LogP contribution in [0.3, 0.4) is 0 Å². The van der Waals surface area contributed by atoms with Gasteiger partial charge in [0.05, 0.1) is 0 Å². The first-order valence-corrected chi connectivity index (χ1v) is 1.47. The van der Waals surface area contributed by atoms with Crippen LogP contribution in [-0.4, -0.2) is 5.97 Å². The minimum absolute atomic E-state index is 0. The van der Waals surface area contributed by atoms with Crippen molar-refractivity contribution >= 4 is 5.97 Å². The number of rotatable bonds is 1. The maximum absolute atomic E-state index is 9.26. The maximum atomic E-state index is 9.26. The van der Waals surface area contributed by atoms with Gasteiger partial charge in [0.25, 0.3) is 0 Å². The summed E-state index contributed by atoms with van der Waals surface area (Å²) in [6.45, 7) is 1.54. The third kappa shape index (κ3) is 21.9. The fourth-order valence-corrected chi connectivity index (χ4v) is 0. The van der Waals surface area contributed by atoms with E-state index >= 15 is 0 Å². The first kappa shape index (κ1) is 15.7. The molecule has 0 spiro atoms. The van der Waals surface area contributed by atoms with E-state index in [2.05, 4.69) is 0 Å². The first-order valence-electron chi connectivity index (χ1n) is 1.47. The zero-order valence-corrected chi connectivity index (χ0v) is 6.39. The van der Waals surface area contributed by atoms with Gasteiger partial charge in [-0.15, -0.1) is 0 Å². The van der Waals surface area contributed by atoms with E-state index in [1.807, 2.05) is 0 Å². The standard InChI is InChI=1S/C3H6O2.O.Zr/c1-2-3(4)5;;/h2H2,1H3,(H,4,5);;/q;-2;+3/p-1. The van der Waals surface area contributed by atoms with Gasteiger partial charge in [-0.2, -0.15) is 0 Å². The Bertz CT molecular complexity index is 45.4. The molecule has 0 saturated carbocycles. The molecule has 0 unspecified atom stereocenters. The third-order valence-electron chi connectivity index (χ3n) is 0.289. The molecule has 0 bridgehead atoms. The maximum Gasteiger partial charge on any atom is 3.00 e. The minimum atomic E-state index is -0.995. The van der Waals surface area contributed by atoms with Gasteiger partial charge in [-0.1, -0.05) is 6.92 Å². The Morgan fingerprint density at radius 2 is 1.86 bits per heavy atom. The molecule has 0 heterocycles. The number of hydrogen-bond donors (Lipinski definition) is 0. The molecule has 0 N–H and O–H groups in total. The number of carboxylic acid groups (broad SMARTS) is 1. The van der Waals surface area contributed by atoms with Crippen molar-refractivity contribution in [2.45, 2.75) is 13.3 Å². The molecule has 0 amide bonds. The fraction of sp³-hybridized carbons (Fsp3) is 0.667. The van der Waals surface area contributed by atoms with Gasteiger partial charge in [0.1, 0.15) is 0 Å². The zero-order valence-electron chi connectivity index (χ0n) is 3.93. The van der Waals surface area contributed by atoms with Crippen molar-refractivity contribution < 1.29 is 41.6 Å². The largest absolute Gasteiger partial charge is 3.00 e. The van der Waals surface area contributed by atoms with Crippen molar-refractivity contribution in [1.29, 1.82) is 0 Å². The molecule has 0 aliphatic rings. The van der Waals surface area contributed by atoms with Gasteiger partial charge in [0, 0.05) is 5.97 Å². The Balaban J connectivity index is -0.0000000800. The van der Waals surface area contributed by atoms with Crippen LogP contribution in [0, 0.1) is 0 Å². The molecule has 0 aromatic carbocycles. The quantitative estimate of drug-likeness (QED) is 0.521. The van der Waals surface area contributed by atoms with Crippen LogP contribution in [-0.2, 0) is 36.5 Å². The molecule has 0 aromatic heterocycles. The summed E-state index contributed by atoms with van der Waals surface area (Å²) in [5.41, 5.74) is 0. The molecule has 4 heteroatoms. The van der Waals surface area contributed by atoms with Crippen LogP contribution < -0.4 is 5.11 Å². The molecule has 0 aromatic rings.